The highest BCUT2D eigenvalue weighted by molar-refractivity contribution is 9.10. The Morgan fingerprint density at radius 3 is 2.44 bits per heavy atom. The number of aliphatic hydroxyl groups excluding tert-OH is 1. The van der Waals surface area contributed by atoms with Crippen LogP contribution >= 0.6 is 15.9 Å². The predicted molar refractivity (Wildman–Crippen MR) is 77.0 cm³/mol. The van der Waals surface area contributed by atoms with Crippen molar-refractivity contribution in [3.05, 3.63) is 28.2 Å². The molecule has 1 aliphatic rings. The van der Waals surface area contributed by atoms with Crippen LogP contribution in [0.3, 0.4) is 0 Å². The second kappa shape index (κ2) is 5.59. The van der Waals surface area contributed by atoms with Crippen molar-refractivity contribution in [3.8, 4) is 0 Å². The molecule has 0 radical (unpaired) electrons. The maximum atomic E-state index is 9.58. The Morgan fingerprint density at radius 2 is 1.94 bits per heavy atom. The fourth-order valence-electron chi connectivity index (χ4n) is 2.41. The third kappa shape index (κ3) is 3.05. The van der Waals surface area contributed by atoms with Gasteiger partial charge in [-0.05, 0) is 54.4 Å². The number of morpholine rings is 1. The van der Waals surface area contributed by atoms with Gasteiger partial charge in [0, 0.05) is 17.6 Å². The molecule has 0 aromatic heterocycles. The Labute approximate surface area is 117 Å². The average molecular weight is 314 g/mol. The van der Waals surface area contributed by atoms with E-state index in [1.54, 1.807) is 6.92 Å². The summed E-state index contributed by atoms with van der Waals surface area (Å²) >= 11 is 3.60. The molecule has 1 aromatic carbocycles. The van der Waals surface area contributed by atoms with E-state index in [2.05, 4.69) is 40.7 Å². The van der Waals surface area contributed by atoms with E-state index in [-0.39, 0.29) is 12.2 Å². The van der Waals surface area contributed by atoms with Gasteiger partial charge in [-0.15, -0.1) is 0 Å². The van der Waals surface area contributed by atoms with Gasteiger partial charge in [-0.25, -0.2) is 0 Å². The van der Waals surface area contributed by atoms with E-state index < -0.39 is 6.10 Å². The van der Waals surface area contributed by atoms with Crippen molar-refractivity contribution in [1.29, 1.82) is 0 Å². The number of halogens is 1. The molecule has 0 spiro atoms. The molecule has 0 bridgehead atoms. The van der Waals surface area contributed by atoms with Crippen LogP contribution in [0.15, 0.2) is 22.7 Å². The average Bonchev–Trinajstić information content (AvgIpc) is 2.27. The molecule has 1 heterocycles. The molecule has 4 heteroatoms. The van der Waals surface area contributed by atoms with Gasteiger partial charge in [-0.1, -0.05) is 6.07 Å². The largest absolute Gasteiger partial charge is 0.389 e. The van der Waals surface area contributed by atoms with Gasteiger partial charge in [-0.2, -0.15) is 0 Å². The zero-order chi connectivity index (χ0) is 13.3. The molecule has 1 aromatic rings. The second-order valence-electron chi connectivity index (χ2n) is 5.05. The Morgan fingerprint density at radius 1 is 1.33 bits per heavy atom. The maximum absolute atomic E-state index is 9.58. The lowest BCUT2D eigenvalue weighted by Gasteiger charge is -2.37. The molecule has 0 aliphatic carbocycles. The molecule has 3 atom stereocenters. The number of ether oxygens (including phenoxy) is 1. The molecule has 0 saturated carbocycles. The van der Waals surface area contributed by atoms with E-state index in [0.717, 1.165) is 23.1 Å². The third-order valence-corrected chi connectivity index (χ3v) is 3.85. The molecule has 1 fully saturated rings. The molecule has 18 heavy (non-hydrogen) atoms. The van der Waals surface area contributed by atoms with Crippen LogP contribution in [0.1, 0.15) is 32.4 Å². The molecule has 3 nitrogen and oxygen atoms in total. The molecular weight excluding hydrogens is 294 g/mol. The van der Waals surface area contributed by atoms with Gasteiger partial charge in [0.25, 0.3) is 0 Å². The highest BCUT2D eigenvalue weighted by atomic mass is 79.9. The first-order chi connectivity index (χ1) is 8.47. The summed E-state index contributed by atoms with van der Waals surface area (Å²) in [6.07, 6.45) is 0.0621. The lowest BCUT2D eigenvalue weighted by molar-refractivity contribution is -0.00526. The van der Waals surface area contributed by atoms with Crippen LogP contribution in [0, 0.1) is 0 Å². The topological polar surface area (TPSA) is 32.7 Å². The third-order valence-electron chi connectivity index (χ3n) is 3.21. The van der Waals surface area contributed by atoms with Gasteiger partial charge < -0.3 is 14.7 Å². The highest BCUT2D eigenvalue weighted by Gasteiger charge is 2.23. The molecule has 1 aliphatic heterocycles. The standard InChI is InChI=1S/C14H20BrNO2/c1-9-7-16(8-10(2)18-9)14-5-4-12(11(3)17)6-13(14)15/h4-6,9-11,17H,7-8H2,1-3H3/t9?,10?,11-/m0/s1. The van der Waals surface area contributed by atoms with Crippen LogP contribution in [-0.4, -0.2) is 30.4 Å². The smallest absolute Gasteiger partial charge is 0.0762 e. The van der Waals surface area contributed by atoms with Gasteiger partial charge in [0.05, 0.1) is 24.0 Å². The second-order valence-corrected chi connectivity index (χ2v) is 5.90. The maximum Gasteiger partial charge on any atom is 0.0762 e. The zero-order valence-corrected chi connectivity index (χ0v) is 12.6. The lowest BCUT2D eigenvalue weighted by atomic mass is 10.1. The fourth-order valence-corrected chi connectivity index (χ4v) is 3.06. The number of nitrogens with zero attached hydrogens (tertiary/aromatic N) is 1. The van der Waals surface area contributed by atoms with Crippen LogP contribution in [-0.2, 0) is 4.74 Å². The first-order valence-corrected chi connectivity index (χ1v) is 7.14. The molecule has 0 amide bonds. The minimum atomic E-state index is -0.433. The van der Waals surface area contributed by atoms with E-state index in [9.17, 15) is 5.11 Å². The quantitative estimate of drug-likeness (QED) is 0.910. The van der Waals surface area contributed by atoms with Crippen LogP contribution in [0.25, 0.3) is 0 Å². The zero-order valence-electron chi connectivity index (χ0n) is 11.1. The Hall–Kier alpha value is -0.580. The first kappa shape index (κ1) is 13.8. The minimum absolute atomic E-state index is 0.247. The summed E-state index contributed by atoms with van der Waals surface area (Å²) in [5.41, 5.74) is 2.10. The lowest BCUT2D eigenvalue weighted by Crippen LogP contribution is -2.45. The van der Waals surface area contributed by atoms with E-state index in [4.69, 9.17) is 4.74 Å². The van der Waals surface area contributed by atoms with Gasteiger partial charge in [0.15, 0.2) is 0 Å². The highest BCUT2D eigenvalue weighted by Crippen LogP contribution is 2.31. The van der Waals surface area contributed by atoms with Crippen molar-refractivity contribution >= 4 is 21.6 Å². The van der Waals surface area contributed by atoms with Crippen molar-refractivity contribution in [1.82, 2.24) is 0 Å². The van der Waals surface area contributed by atoms with Gasteiger partial charge in [-0.3, -0.25) is 0 Å². The summed E-state index contributed by atoms with van der Waals surface area (Å²) in [5.74, 6) is 0. The number of hydrogen-bond donors (Lipinski definition) is 1. The Kier molecular flexibility index (Phi) is 4.30. The molecular formula is C14H20BrNO2. The Balaban J connectivity index is 2.22. The predicted octanol–water partition coefficient (Wildman–Crippen LogP) is 3.12. The molecule has 1 saturated heterocycles. The number of anilines is 1. The summed E-state index contributed by atoms with van der Waals surface area (Å²) in [4.78, 5) is 2.33. The molecule has 100 valence electrons. The summed E-state index contributed by atoms with van der Waals surface area (Å²) in [6.45, 7) is 7.77. The van der Waals surface area contributed by atoms with Gasteiger partial charge in [0.1, 0.15) is 0 Å². The van der Waals surface area contributed by atoms with Crippen molar-refractivity contribution in [2.24, 2.45) is 0 Å². The van der Waals surface area contributed by atoms with Crippen LogP contribution in [0.4, 0.5) is 5.69 Å². The van der Waals surface area contributed by atoms with Crippen molar-refractivity contribution < 1.29 is 9.84 Å². The number of aliphatic hydroxyl groups is 1. The van der Waals surface area contributed by atoms with Crippen molar-refractivity contribution in [2.75, 3.05) is 18.0 Å². The normalized spacial score (nSPS) is 26.2. The number of rotatable bonds is 2. The summed E-state index contributed by atoms with van der Waals surface area (Å²) < 4.78 is 6.77. The molecule has 2 rings (SSSR count). The summed E-state index contributed by atoms with van der Waals surface area (Å²) in [5, 5.41) is 9.58. The van der Waals surface area contributed by atoms with E-state index in [0.29, 0.717) is 0 Å². The van der Waals surface area contributed by atoms with E-state index in [1.807, 2.05) is 12.1 Å². The monoisotopic (exact) mass is 313 g/mol. The van der Waals surface area contributed by atoms with E-state index >= 15 is 0 Å². The molecule has 1 N–H and O–H groups in total. The fraction of sp³-hybridized carbons (Fsp3) is 0.571. The van der Waals surface area contributed by atoms with Crippen LogP contribution < -0.4 is 4.90 Å². The minimum Gasteiger partial charge on any atom is -0.389 e. The van der Waals surface area contributed by atoms with Crippen molar-refractivity contribution in [2.45, 2.75) is 39.1 Å². The number of benzene rings is 1. The SMILES string of the molecule is CC1CN(c2ccc([C@H](C)O)cc2Br)CC(C)O1. The van der Waals surface area contributed by atoms with E-state index in [1.165, 1.54) is 5.69 Å². The van der Waals surface area contributed by atoms with Gasteiger partial charge >= 0.3 is 0 Å². The number of hydrogen-bond acceptors (Lipinski definition) is 3. The van der Waals surface area contributed by atoms with Crippen LogP contribution in [0.5, 0.6) is 0 Å². The van der Waals surface area contributed by atoms with Crippen molar-refractivity contribution in [3.63, 3.8) is 0 Å². The van der Waals surface area contributed by atoms with Gasteiger partial charge in [0.2, 0.25) is 0 Å². The molecule has 2 unspecified atom stereocenters. The van der Waals surface area contributed by atoms with Crippen LogP contribution in [0.2, 0.25) is 0 Å². The Bertz CT molecular complexity index is 412. The summed E-state index contributed by atoms with van der Waals surface area (Å²) in [7, 11) is 0. The first-order valence-electron chi connectivity index (χ1n) is 6.35. The summed E-state index contributed by atoms with van der Waals surface area (Å²) in [6, 6.07) is 6.04.